The summed E-state index contributed by atoms with van der Waals surface area (Å²) in [5.41, 5.74) is 0.837. The molecule has 0 bridgehead atoms. The summed E-state index contributed by atoms with van der Waals surface area (Å²) >= 11 is 0. The molecule has 1 aromatic carbocycles. The van der Waals surface area contributed by atoms with Gasteiger partial charge in [-0.2, -0.15) is 0 Å². The highest BCUT2D eigenvalue weighted by Crippen LogP contribution is 2.13. The zero-order valence-corrected chi connectivity index (χ0v) is 10.9. The summed E-state index contributed by atoms with van der Waals surface area (Å²) in [7, 11) is 0. The smallest absolute Gasteiger partial charge is 0.222 e. The molecule has 0 spiro atoms. The van der Waals surface area contributed by atoms with Gasteiger partial charge in [0.05, 0.1) is 6.04 Å². The number of aromatic nitrogens is 4. The van der Waals surface area contributed by atoms with Crippen LogP contribution in [-0.4, -0.2) is 45.3 Å². The van der Waals surface area contributed by atoms with Crippen molar-refractivity contribution in [1.29, 1.82) is 0 Å². The first-order valence-corrected chi connectivity index (χ1v) is 6.58. The first kappa shape index (κ1) is 12.7. The van der Waals surface area contributed by atoms with Gasteiger partial charge >= 0.3 is 0 Å². The van der Waals surface area contributed by atoms with Gasteiger partial charge in [0.15, 0.2) is 12.4 Å². The van der Waals surface area contributed by atoms with Crippen LogP contribution < -0.4 is 10.2 Å². The van der Waals surface area contributed by atoms with Gasteiger partial charge in [-0.1, -0.05) is 35.2 Å². The molecule has 0 aliphatic carbocycles. The van der Waals surface area contributed by atoms with E-state index in [1.54, 1.807) is 0 Å². The summed E-state index contributed by atoms with van der Waals surface area (Å²) in [5.74, 6) is 0.509. The van der Waals surface area contributed by atoms with E-state index >= 15 is 0 Å². The van der Waals surface area contributed by atoms with Gasteiger partial charge in [-0.25, -0.2) is 0 Å². The van der Waals surface area contributed by atoms with E-state index in [1.807, 2.05) is 30.3 Å². The lowest BCUT2D eigenvalue weighted by atomic mass is 10.1. The summed E-state index contributed by atoms with van der Waals surface area (Å²) in [5, 5.41) is 14.4. The Labute approximate surface area is 115 Å². The zero-order chi connectivity index (χ0) is 13.8. The van der Waals surface area contributed by atoms with E-state index in [0.29, 0.717) is 5.82 Å². The molecule has 20 heavy (non-hydrogen) atoms. The molecule has 7 nitrogen and oxygen atoms in total. The molecule has 1 unspecified atom stereocenters. The summed E-state index contributed by atoms with van der Waals surface area (Å²) in [4.78, 5) is 18.5. The molecule has 3 rings (SSSR count). The SMILES string of the molecule is O=C(COn1nnnc1-c1ccccc1)C1CCCN1. The molecule has 104 valence electrons. The molecule has 7 heteroatoms. The number of hydrogen-bond donors (Lipinski definition) is 1. The van der Waals surface area contributed by atoms with E-state index in [9.17, 15) is 4.79 Å². The maximum absolute atomic E-state index is 11.9. The van der Waals surface area contributed by atoms with Crippen LogP contribution >= 0.6 is 0 Å². The van der Waals surface area contributed by atoms with E-state index in [1.165, 1.54) is 4.85 Å². The van der Waals surface area contributed by atoms with Crippen LogP contribution in [0.3, 0.4) is 0 Å². The van der Waals surface area contributed by atoms with Crippen molar-refractivity contribution >= 4 is 5.78 Å². The fourth-order valence-corrected chi connectivity index (χ4v) is 2.21. The molecule has 0 amide bonds. The lowest BCUT2D eigenvalue weighted by molar-refractivity contribution is -0.126. The van der Waals surface area contributed by atoms with Crippen LogP contribution in [0.5, 0.6) is 0 Å². The molecular formula is C13H15N5O2. The minimum absolute atomic E-state index is 0.0250. The molecule has 1 fully saturated rings. The number of tetrazole rings is 1. The Kier molecular flexibility index (Phi) is 3.69. The fraction of sp³-hybridized carbons (Fsp3) is 0.385. The van der Waals surface area contributed by atoms with E-state index in [-0.39, 0.29) is 18.4 Å². The average molecular weight is 273 g/mol. The predicted molar refractivity (Wildman–Crippen MR) is 70.7 cm³/mol. The number of hydrogen-bond acceptors (Lipinski definition) is 6. The van der Waals surface area contributed by atoms with Crippen molar-refractivity contribution in [1.82, 2.24) is 25.7 Å². The molecule has 1 aliphatic heterocycles. The summed E-state index contributed by atoms with van der Waals surface area (Å²) in [6, 6.07) is 9.35. The molecule has 1 saturated heterocycles. The molecule has 1 atom stereocenters. The zero-order valence-electron chi connectivity index (χ0n) is 10.9. The summed E-state index contributed by atoms with van der Waals surface area (Å²) in [6.45, 7) is 0.846. The normalized spacial score (nSPS) is 18.1. The third kappa shape index (κ3) is 2.67. The molecule has 2 heterocycles. The fourth-order valence-electron chi connectivity index (χ4n) is 2.21. The standard InChI is InChI=1S/C13H15N5O2/c19-12(11-7-4-8-14-11)9-20-18-13(15-16-17-18)10-5-2-1-3-6-10/h1-3,5-6,11,14H,4,7-9H2. The quantitative estimate of drug-likeness (QED) is 0.831. The van der Waals surface area contributed by atoms with E-state index in [2.05, 4.69) is 20.8 Å². The van der Waals surface area contributed by atoms with Crippen molar-refractivity contribution in [2.45, 2.75) is 18.9 Å². The number of nitrogens with zero attached hydrogens (tertiary/aromatic N) is 4. The largest absolute Gasteiger partial charge is 0.386 e. The Balaban J connectivity index is 1.66. The van der Waals surface area contributed by atoms with Crippen LogP contribution in [0.25, 0.3) is 11.4 Å². The van der Waals surface area contributed by atoms with Gasteiger partial charge < -0.3 is 10.2 Å². The predicted octanol–water partition coefficient (Wildman–Crippen LogP) is 0.0898. The van der Waals surface area contributed by atoms with Crippen molar-refractivity contribution in [3.63, 3.8) is 0 Å². The van der Waals surface area contributed by atoms with Gasteiger partial charge in [-0.05, 0) is 29.8 Å². The number of benzene rings is 1. The molecule has 1 aromatic heterocycles. The Morgan fingerprint density at radius 2 is 2.25 bits per heavy atom. The Morgan fingerprint density at radius 1 is 1.40 bits per heavy atom. The van der Waals surface area contributed by atoms with Crippen molar-refractivity contribution < 1.29 is 9.63 Å². The number of carbonyl (C=O) groups excluding carboxylic acids is 1. The number of Topliss-reactive ketones (excluding diaryl/α,β-unsaturated/α-hetero) is 1. The first-order valence-electron chi connectivity index (χ1n) is 6.58. The van der Waals surface area contributed by atoms with Gasteiger partial charge in [-0.3, -0.25) is 4.79 Å². The molecule has 1 aliphatic rings. The molecule has 0 saturated carbocycles. The van der Waals surface area contributed by atoms with Crippen molar-refractivity contribution in [2.24, 2.45) is 0 Å². The van der Waals surface area contributed by atoms with Gasteiger partial charge in [-0.15, -0.1) is 5.10 Å². The van der Waals surface area contributed by atoms with Crippen LogP contribution in [0, 0.1) is 0 Å². The monoisotopic (exact) mass is 273 g/mol. The number of carbonyl (C=O) groups is 1. The van der Waals surface area contributed by atoms with Crippen LogP contribution in [0.4, 0.5) is 0 Å². The van der Waals surface area contributed by atoms with E-state index in [4.69, 9.17) is 4.84 Å². The van der Waals surface area contributed by atoms with Gasteiger partial charge in [0.25, 0.3) is 0 Å². The van der Waals surface area contributed by atoms with E-state index < -0.39 is 0 Å². The highest BCUT2D eigenvalue weighted by Gasteiger charge is 2.23. The molecule has 2 aromatic rings. The third-order valence-corrected chi connectivity index (χ3v) is 3.25. The lowest BCUT2D eigenvalue weighted by Crippen LogP contribution is -2.36. The minimum Gasteiger partial charge on any atom is -0.386 e. The highest BCUT2D eigenvalue weighted by atomic mass is 16.7. The van der Waals surface area contributed by atoms with Gasteiger partial charge in [0, 0.05) is 5.56 Å². The second-order valence-electron chi connectivity index (χ2n) is 4.63. The van der Waals surface area contributed by atoms with E-state index in [0.717, 1.165) is 24.9 Å². The van der Waals surface area contributed by atoms with Crippen LogP contribution in [0.2, 0.25) is 0 Å². The molecule has 0 radical (unpaired) electrons. The first-order chi connectivity index (χ1) is 9.84. The minimum atomic E-state index is -0.105. The summed E-state index contributed by atoms with van der Waals surface area (Å²) in [6.07, 6.45) is 1.89. The second-order valence-corrected chi connectivity index (χ2v) is 4.63. The second kappa shape index (κ2) is 5.79. The molecular weight excluding hydrogens is 258 g/mol. The van der Waals surface area contributed by atoms with Crippen LogP contribution in [0.1, 0.15) is 12.8 Å². The lowest BCUT2D eigenvalue weighted by Gasteiger charge is -2.10. The maximum atomic E-state index is 11.9. The third-order valence-electron chi connectivity index (χ3n) is 3.25. The topological polar surface area (TPSA) is 81.9 Å². The number of rotatable bonds is 5. The van der Waals surface area contributed by atoms with Crippen LogP contribution in [0.15, 0.2) is 30.3 Å². The Bertz CT molecular complexity index is 577. The number of ketones is 1. The molecule has 1 N–H and O–H groups in total. The van der Waals surface area contributed by atoms with Crippen molar-refractivity contribution in [3.05, 3.63) is 30.3 Å². The summed E-state index contributed by atoms with van der Waals surface area (Å²) < 4.78 is 0. The number of nitrogens with one attached hydrogen (secondary N) is 1. The van der Waals surface area contributed by atoms with Crippen LogP contribution in [-0.2, 0) is 4.79 Å². The van der Waals surface area contributed by atoms with Gasteiger partial charge in [0.1, 0.15) is 0 Å². The van der Waals surface area contributed by atoms with Crippen molar-refractivity contribution in [2.75, 3.05) is 13.2 Å². The Hall–Kier alpha value is -2.28. The average Bonchev–Trinajstić information content (AvgIpc) is 3.17. The highest BCUT2D eigenvalue weighted by molar-refractivity contribution is 5.85. The maximum Gasteiger partial charge on any atom is 0.222 e. The van der Waals surface area contributed by atoms with Gasteiger partial charge in [0.2, 0.25) is 5.82 Å². The van der Waals surface area contributed by atoms with Crippen molar-refractivity contribution in [3.8, 4) is 11.4 Å². The Morgan fingerprint density at radius 3 is 3.00 bits per heavy atom.